The topological polar surface area (TPSA) is 30.5 Å². The SMILES string of the molecule is CCCNCC1(OCCOCC)CCC(CC)CC1. The molecule has 0 bridgehead atoms. The second-order valence-corrected chi connectivity index (χ2v) is 5.76. The van der Waals surface area contributed by atoms with Gasteiger partial charge in [0.1, 0.15) is 0 Å². The van der Waals surface area contributed by atoms with Gasteiger partial charge in [0.05, 0.1) is 18.8 Å². The molecule has 1 fully saturated rings. The molecule has 19 heavy (non-hydrogen) atoms. The monoisotopic (exact) mass is 271 g/mol. The van der Waals surface area contributed by atoms with Crippen molar-refractivity contribution in [2.45, 2.75) is 64.9 Å². The van der Waals surface area contributed by atoms with Gasteiger partial charge in [-0.1, -0.05) is 20.3 Å². The second kappa shape index (κ2) is 9.73. The molecule has 1 rings (SSSR count). The number of hydrogen-bond donors (Lipinski definition) is 1. The van der Waals surface area contributed by atoms with Crippen molar-refractivity contribution in [2.75, 3.05) is 32.9 Å². The minimum Gasteiger partial charge on any atom is -0.379 e. The molecule has 0 aromatic rings. The molecule has 1 aliphatic rings. The molecule has 0 heterocycles. The maximum atomic E-state index is 6.22. The molecule has 0 atom stereocenters. The Labute approximate surface area is 119 Å². The summed E-state index contributed by atoms with van der Waals surface area (Å²) in [6.07, 6.45) is 7.55. The quantitative estimate of drug-likeness (QED) is 0.618. The van der Waals surface area contributed by atoms with Crippen LogP contribution in [0, 0.1) is 5.92 Å². The lowest BCUT2D eigenvalue weighted by molar-refractivity contribution is -0.0919. The summed E-state index contributed by atoms with van der Waals surface area (Å²) in [5.74, 6) is 0.912. The molecular weight excluding hydrogens is 238 g/mol. The third-order valence-electron chi connectivity index (χ3n) is 4.31. The lowest BCUT2D eigenvalue weighted by Crippen LogP contribution is -2.46. The van der Waals surface area contributed by atoms with Crippen molar-refractivity contribution >= 4 is 0 Å². The standard InChI is InChI=1S/C16H33NO2/c1-4-11-17-14-16(19-13-12-18-6-3)9-7-15(5-2)8-10-16/h15,17H,4-14H2,1-3H3. The van der Waals surface area contributed by atoms with E-state index in [2.05, 4.69) is 19.2 Å². The van der Waals surface area contributed by atoms with E-state index in [1.807, 2.05) is 6.92 Å². The lowest BCUT2D eigenvalue weighted by Gasteiger charge is -2.40. The van der Waals surface area contributed by atoms with E-state index in [-0.39, 0.29) is 5.60 Å². The van der Waals surface area contributed by atoms with Crippen molar-refractivity contribution in [3.8, 4) is 0 Å². The maximum Gasteiger partial charge on any atom is 0.0807 e. The van der Waals surface area contributed by atoms with E-state index in [0.717, 1.165) is 38.8 Å². The summed E-state index contributed by atoms with van der Waals surface area (Å²) < 4.78 is 11.6. The molecule has 1 N–H and O–H groups in total. The molecule has 0 aromatic carbocycles. The van der Waals surface area contributed by atoms with Gasteiger partial charge < -0.3 is 14.8 Å². The Morgan fingerprint density at radius 3 is 2.42 bits per heavy atom. The largest absolute Gasteiger partial charge is 0.379 e. The van der Waals surface area contributed by atoms with Crippen molar-refractivity contribution in [3.05, 3.63) is 0 Å². The first-order valence-electron chi connectivity index (χ1n) is 8.18. The molecule has 0 saturated heterocycles. The minimum atomic E-state index is 0.0674. The van der Waals surface area contributed by atoms with Gasteiger partial charge in [-0.3, -0.25) is 0 Å². The van der Waals surface area contributed by atoms with Crippen LogP contribution in [0.5, 0.6) is 0 Å². The fraction of sp³-hybridized carbons (Fsp3) is 1.00. The van der Waals surface area contributed by atoms with Crippen LogP contribution in [0.25, 0.3) is 0 Å². The van der Waals surface area contributed by atoms with Crippen molar-refractivity contribution in [2.24, 2.45) is 5.92 Å². The van der Waals surface area contributed by atoms with Crippen LogP contribution in [-0.2, 0) is 9.47 Å². The highest BCUT2D eigenvalue weighted by Crippen LogP contribution is 2.35. The molecule has 0 unspecified atom stereocenters. The third-order valence-corrected chi connectivity index (χ3v) is 4.31. The maximum absolute atomic E-state index is 6.22. The van der Waals surface area contributed by atoms with E-state index in [1.54, 1.807) is 0 Å². The smallest absolute Gasteiger partial charge is 0.0807 e. The predicted octanol–water partition coefficient (Wildman–Crippen LogP) is 3.38. The normalized spacial score (nSPS) is 27.6. The van der Waals surface area contributed by atoms with Crippen LogP contribution in [0.1, 0.15) is 59.3 Å². The molecule has 0 aromatic heterocycles. The molecular formula is C16H33NO2. The molecule has 1 saturated carbocycles. The zero-order valence-electron chi connectivity index (χ0n) is 13.2. The van der Waals surface area contributed by atoms with Gasteiger partial charge in [-0.2, -0.15) is 0 Å². The van der Waals surface area contributed by atoms with E-state index in [0.29, 0.717) is 0 Å². The van der Waals surface area contributed by atoms with Gasteiger partial charge in [-0.15, -0.1) is 0 Å². The Hall–Kier alpha value is -0.120. The van der Waals surface area contributed by atoms with E-state index in [9.17, 15) is 0 Å². The van der Waals surface area contributed by atoms with Crippen LogP contribution < -0.4 is 5.32 Å². The molecule has 3 heteroatoms. The Balaban J connectivity index is 2.38. The number of hydrogen-bond acceptors (Lipinski definition) is 3. The lowest BCUT2D eigenvalue weighted by atomic mass is 9.77. The molecule has 0 radical (unpaired) electrons. The summed E-state index contributed by atoms with van der Waals surface area (Å²) in [6.45, 7) is 10.9. The summed E-state index contributed by atoms with van der Waals surface area (Å²) in [5.41, 5.74) is 0.0674. The van der Waals surface area contributed by atoms with Crippen molar-refractivity contribution in [1.29, 1.82) is 0 Å². The van der Waals surface area contributed by atoms with Crippen LogP contribution in [0.3, 0.4) is 0 Å². The highest BCUT2D eigenvalue weighted by atomic mass is 16.5. The van der Waals surface area contributed by atoms with Gasteiger partial charge in [-0.05, 0) is 51.5 Å². The average molecular weight is 271 g/mol. The Kier molecular flexibility index (Phi) is 8.67. The number of ether oxygens (including phenoxy) is 2. The van der Waals surface area contributed by atoms with Crippen LogP contribution in [0.4, 0.5) is 0 Å². The fourth-order valence-electron chi connectivity index (χ4n) is 2.94. The summed E-state index contributed by atoms with van der Waals surface area (Å²) in [7, 11) is 0. The summed E-state index contributed by atoms with van der Waals surface area (Å²) in [6, 6.07) is 0. The number of nitrogens with one attached hydrogen (secondary N) is 1. The molecule has 0 aliphatic heterocycles. The van der Waals surface area contributed by atoms with Crippen LogP contribution in [0.2, 0.25) is 0 Å². The van der Waals surface area contributed by atoms with Gasteiger partial charge in [0.25, 0.3) is 0 Å². The van der Waals surface area contributed by atoms with Gasteiger partial charge in [0, 0.05) is 13.2 Å². The molecule has 3 nitrogen and oxygen atoms in total. The van der Waals surface area contributed by atoms with E-state index >= 15 is 0 Å². The summed E-state index contributed by atoms with van der Waals surface area (Å²) >= 11 is 0. The molecule has 114 valence electrons. The van der Waals surface area contributed by atoms with Crippen molar-refractivity contribution in [1.82, 2.24) is 5.32 Å². The van der Waals surface area contributed by atoms with E-state index < -0.39 is 0 Å². The molecule has 1 aliphatic carbocycles. The van der Waals surface area contributed by atoms with Crippen LogP contribution in [-0.4, -0.2) is 38.5 Å². The van der Waals surface area contributed by atoms with Crippen LogP contribution in [0.15, 0.2) is 0 Å². The van der Waals surface area contributed by atoms with Gasteiger partial charge >= 0.3 is 0 Å². The fourth-order valence-corrected chi connectivity index (χ4v) is 2.94. The third kappa shape index (κ3) is 6.24. The molecule has 0 spiro atoms. The Morgan fingerprint density at radius 1 is 1.11 bits per heavy atom. The highest BCUT2D eigenvalue weighted by Gasteiger charge is 2.35. The average Bonchev–Trinajstić information content (AvgIpc) is 2.45. The first-order chi connectivity index (χ1) is 9.26. The molecule has 0 amide bonds. The van der Waals surface area contributed by atoms with Gasteiger partial charge in [0.2, 0.25) is 0 Å². The number of rotatable bonds is 10. The first kappa shape index (κ1) is 16.9. The van der Waals surface area contributed by atoms with Crippen molar-refractivity contribution < 1.29 is 9.47 Å². The second-order valence-electron chi connectivity index (χ2n) is 5.76. The Morgan fingerprint density at radius 2 is 1.84 bits per heavy atom. The summed E-state index contributed by atoms with van der Waals surface area (Å²) in [4.78, 5) is 0. The predicted molar refractivity (Wildman–Crippen MR) is 80.6 cm³/mol. The van der Waals surface area contributed by atoms with E-state index in [1.165, 1.54) is 38.5 Å². The van der Waals surface area contributed by atoms with Gasteiger partial charge in [-0.25, -0.2) is 0 Å². The zero-order chi connectivity index (χ0) is 14.0. The Bertz CT molecular complexity index is 207. The van der Waals surface area contributed by atoms with E-state index in [4.69, 9.17) is 9.47 Å². The highest BCUT2D eigenvalue weighted by molar-refractivity contribution is 4.89. The zero-order valence-corrected chi connectivity index (χ0v) is 13.2. The van der Waals surface area contributed by atoms with Gasteiger partial charge in [0.15, 0.2) is 0 Å². The van der Waals surface area contributed by atoms with Crippen LogP contribution >= 0.6 is 0 Å². The van der Waals surface area contributed by atoms with Crippen molar-refractivity contribution in [3.63, 3.8) is 0 Å². The first-order valence-corrected chi connectivity index (χ1v) is 8.18. The minimum absolute atomic E-state index is 0.0674. The summed E-state index contributed by atoms with van der Waals surface area (Å²) in [5, 5.41) is 3.55.